The fraction of sp³-hybridized carbons (Fsp3) is 0.692. The Balaban J connectivity index is 1.23. The zero-order chi connectivity index (χ0) is 27.6. The van der Waals surface area contributed by atoms with E-state index in [4.69, 9.17) is 4.74 Å². The van der Waals surface area contributed by atoms with E-state index in [-0.39, 0.29) is 30.3 Å². The molecule has 0 unspecified atom stereocenters. The second kappa shape index (κ2) is 11.3. The van der Waals surface area contributed by atoms with Gasteiger partial charge in [0, 0.05) is 38.6 Å². The number of hydrogen-bond acceptors (Lipinski definition) is 8. The molecule has 5 rings (SSSR count). The number of nitrogens with zero attached hydrogens (tertiary/aromatic N) is 6. The minimum absolute atomic E-state index is 0.00640. The van der Waals surface area contributed by atoms with E-state index in [9.17, 15) is 18.0 Å². The van der Waals surface area contributed by atoms with Crippen molar-refractivity contribution in [3.05, 3.63) is 23.7 Å². The van der Waals surface area contributed by atoms with E-state index >= 15 is 0 Å². The summed E-state index contributed by atoms with van der Waals surface area (Å²) in [5.41, 5.74) is -0.229. The van der Waals surface area contributed by atoms with Crippen molar-refractivity contribution < 1.29 is 22.7 Å². The average molecular weight is 551 g/mol. The number of halogens is 3. The van der Waals surface area contributed by atoms with Crippen molar-refractivity contribution in [1.82, 2.24) is 29.5 Å². The van der Waals surface area contributed by atoms with Crippen LogP contribution in [0.4, 0.5) is 30.6 Å². The number of ether oxygens (including phenoxy) is 1. The molecule has 2 aliphatic heterocycles. The van der Waals surface area contributed by atoms with Crippen LogP contribution in [0, 0.1) is 6.92 Å². The first-order valence-electron chi connectivity index (χ1n) is 13.8. The average Bonchev–Trinajstić information content (AvgIpc) is 3.13. The molecule has 1 spiro atoms. The third kappa shape index (κ3) is 6.13. The van der Waals surface area contributed by atoms with Crippen LogP contribution < -0.4 is 10.6 Å². The summed E-state index contributed by atoms with van der Waals surface area (Å²) in [6.07, 6.45) is 3.72. The molecule has 1 aliphatic carbocycles. The van der Waals surface area contributed by atoms with Crippen LogP contribution in [0.3, 0.4) is 0 Å². The van der Waals surface area contributed by atoms with Crippen molar-refractivity contribution in [2.24, 2.45) is 0 Å². The molecule has 13 heteroatoms. The zero-order valence-corrected chi connectivity index (χ0v) is 22.6. The number of nitrogens with one attached hydrogen (secondary N) is 2. The predicted octanol–water partition coefficient (Wildman–Crippen LogP) is 3.98. The number of carbonyl (C=O) groups is 1. The Kier molecular flexibility index (Phi) is 7.99. The first-order chi connectivity index (χ1) is 18.6. The number of aromatic nitrogens is 4. The first kappa shape index (κ1) is 27.6. The van der Waals surface area contributed by atoms with Gasteiger partial charge >= 0.3 is 6.18 Å². The molecule has 1 amide bonds. The van der Waals surface area contributed by atoms with Crippen LogP contribution >= 0.6 is 0 Å². The molecule has 2 aromatic rings. The Hall–Kier alpha value is -2.93. The van der Waals surface area contributed by atoms with E-state index in [1.807, 2.05) is 17.8 Å². The van der Waals surface area contributed by atoms with Crippen molar-refractivity contribution >= 4 is 23.4 Å². The van der Waals surface area contributed by atoms with Gasteiger partial charge in [-0.05, 0) is 72.0 Å². The Bertz CT molecular complexity index is 1160. The highest BCUT2D eigenvalue weighted by atomic mass is 19.4. The summed E-state index contributed by atoms with van der Waals surface area (Å²) in [6, 6.07) is 0.281. The van der Waals surface area contributed by atoms with E-state index in [0.29, 0.717) is 31.8 Å². The maximum atomic E-state index is 13.7. The number of piperidine rings is 1. The molecule has 10 nitrogen and oxygen atoms in total. The number of hydrogen-bond donors (Lipinski definition) is 2. The van der Waals surface area contributed by atoms with Gasteiger partial charge in [0.05, 0.1) is 17.4 Å². The zero-order valence-electron chi connectivity index (χ0n) is 22.6. The van der Waals surface area contributed by atoms with Gasteiger partial charge in [-0.25, -0.2) is 4.98 Å². The summed E-state index contributed by atoms with van der Waals surface area (Å²) < 4.78 is 48.9. The molecule has 3 fully saturated rings. The lowest BCUT2D eigenvalue weighted by Gasteiger charge is -2.41. The van der Waals surface area contributed by atoms with Crippen LogP contribution in [-0.2, 0) is 15.7 Å². The monoisotopic (exact) mass is 550 g/mol. The van der Waals surface area contributed by atoms with E-state index < -0.39 is 17.3 Å². The molecular weight excluding hydrogens is 513 g/mol. The predicted molar refractivity (Wildman–Crippen MR) is 140 cm³/mol. The van der Waals surface area contributed by atoms with Gasteiger partial charge in [0.15, 0.2) is 0 Å². The minimum atomic E-state index is -4.61. The van der Waals surface area contributed by atoms with Crippen molar-refractivity contribution in [3.8, 4) is 0 Å². The van der Waals surface area contributed by atoms with Gasteiger partial charge in [0.25, 0.3) is 5.91 Å². The van der Waals surface area contributed by atoms with E-state index in [2.05, 4.69) is 37.6 Å². The SMILES string of the molecule is Cc1nn(C2CCN(C)CC2)cc1Nc1ncc(C(F)(F)F)c(NCCCN2CCCOC3(CCC3)C2=O)n1. The molecule has 39 heavy (non-hydrogen) atoms. The van der Waals surface area contributed by atoms with Gasteiger partial charge in [-0.2, -0.15) is 23.3 Å². The van der Waals surface area contributed by atoms with Gasteiger partial charge in [-0.3, -0.25) is 9.48 Å². The van der Waals surface area contributed by atoms with Crippen LogP contribution in [0.2, 0.25) is 0 Å². The van der Waals surface area contributed by atoms with Crippen molar-refractivity contribution in [3.63, 3.8) is 0 Å². The Labute approximate surface area is 226 Å². The van der Waals surface area contributed by atoms with Crippen LogP contribution in [0.15, 0.2) is 12.4 Å². The van der Waals surface area contributed by atoms with Crippen LogP contribution in [0.1, 0.15) is 62.2 Å². The van der Waals surface area contributed by atoms with E-state index in [0.717, 1.165) is 63.5 Å². The molecule has 4 heterocycles. The Morgan fingerprint density at radius 3 is 2.64 bits per heavy atom. The number of amides is 1. The summed E-state index contributed by atoms with van der Waals surface area (Å²) in [7, 11) is 2.10. The molecule has 0 aromatic carbocycles. The molecule has 0 atom stereocenters. The van der Waals surface area contributed by atoms with Gasteiger partial charge in [-0.15, -0.1) is 0 Å². The maximum Gasteiger partial charge on any atom is 0.421 e. The highest BCUT2D eigenvalue weighted by Gasteiger charge is 2.48. The van der Waals surface area contributed by atoms with Crippen LogP contribution in [-0.4, -0.2) is 87.4 Å². The minimum Gasteiger partial charge on any atom is -0.369 e. The largest absolute Gasteiger partial charge is 0.421 e. The maximum absolute atomic E-state index is 13.7. The van der Waals surface area contributed by atoms with Gasteiger partial charge in [0.2, 0.25) is 5.95 Å². The van der Waals surface area contributed by atoms with Crippen molar-refractivity contribution in [2.75, 3.05) is 57.0 Å². The lowest BCUT2D eigenvalue weighted by molar-refractivity contribution is -0.165. The summed E-state index contributed by atoms with van der Waals surface area (Å²) in [5.74, 6) is -0.225. The Morgan fingerprint density at radius 2 is 1.95 bits per heavy atom. The van der Waals surface area contributed by atoms with Crippen LogP contribution in [0.25, 0.3) is 0 Å². The summed E-state index contributed by atoms with van der Waals surface area (Å²) in [5, 5.41) is 10.5. The molecule has 214 valence electrons. The summed E-state index contributed by atoms with van der Waals surface area (Å²) in [4.78, 5) is 25.1. The number of anilines is 3. The third-order valence-electron chi connectivity index (χ3n) is 8.01. The van der Waals surface area contributed by atoms with Crippen molar-refractivity contribution in [2.45, 2.75) is 69.7 Å². The number of carbonyl (C=O) groups excluding carboxylic acids is 1. The second-order valence-electron chi connectivity index (χ2n) is 10.8. The highest BCUT2D eigenvalue weighted by Crippen LogP contribution is 2.39. The van der Waals surface area contributed by atoms with E-state index in [1.54, 1.807) is 4.90 Å². The molecule has 1 saturated carbocycles. The molecule has 3 aliphatic rings. The standard InChI is InChI=1S/C26H37F3N8O2/c1-18-21(17-37(34-18)19-6-13-35(2)14-7-19)32-24-31-16-20(26(27,28)29)22(33-24)30-10-4-11-36-12-5-15-39-25(23(36)38)8-3-9-25/h16-17,19H,3-15H2,1-2H3,(H2,30,31,32,33). The van der Waals surface area contributed by atoms with Gasteiger partial charge in [-0.1, -0.05) is 0 Å². The smallest absolute Gasteiger partial charge is 0.369 e. The summed E-state index contributed by atoms with van der Waals surface area (Å²) in [6.45, 7) is 5.66. The molecule has 0 radical (unpaired) electrons. The molecule has 0 bridgehead atoms. The fourth-order valence-corrected chi connectivity index (χ4v) is 5.48. The third-order valence-corrected chi connectivity index (χ3v) is 8.01. The second-order valence-corrected chi connectivity index (χ2v) is 10.8. The molecule has 2 saturated heterocycles. The number of alkyl halides is 3. The van der Waals surface area contributed by atoms with Gasteiger partial charge in [0.1, 0.15) is 17.0 Å². The quantitative estimate of drug-likeness (QED) is 0.476. The molecule has 2 N–H and O–H groups in total. The van der Waals surface area contributed by atoms with Crippen molar-refractivity contribution in [1.29, 1.82) is 0 Å². The van der Waals surface area contributed by atoms with Crippen LogP contribution in [0.5, 0.6) is 0 Å². The fourth-order valence-electron chi connectivity index (χ4n) is 5.48. The highest BCUT2D eigenvalue weighted by molar-refractivity contribution is 5.86. The first-order valence-corrected chi connectivity index (χ1v) is 13.8. The summed E-state index contributed by atoms with van der Waals surface area (Å²) >= 11 is 0. The number of aryl methyl sites for hydroxylation is 1. The topological polar surface area (TPSA) is 100 Å². The van der Waals surface area contributed by atoms with E-state index in [1.165, 1.54) is 0 Å². The molecule has 2 aromatic heterocycles. The number of likely N-dealkylation sites (tertiary alicyclic amines) is 1. The van der Waals surface area contributed by atoms with Gasteiger partial charge < -0.3 is 25.2 Å². The number of rotatable bonds is 8. The normalized spacial score (nSPS) is 20.6. The molecular formula is C26H37F3N8O2. The lowest BCUT2D eigenvalue weighted by Crippen LogP contribution is -2.53. The lowest BCUT2D eigenvalue weighted by atomic mass is 9.79. The Morgan fingerprint density at radius 1 is 1.18 bits per heavy atom.